The summed E-state index contributed by atoms with van der Waals surface area (Å²) in [4.78, 5) is 3.28. The number of rotatable bonds is 1. The Bertz CT molecular complexity index is 636. The minimum absolute atomic E-state index is 0.0456. The second-order valence-electron chi connectivity index (χ2n) is 5.88. The number of hydrogen-bond acceptors (Lipinski definition) is 3. The molecule has 1 saturated heterocycles. The first-order valence-electron chi connectivity index (χ1n) is 6.88. The fourth-order valence-corrected chi connectivity index (χ4v) is 3.80. The van der Waals surface area contributed by atoms with Crippen LogP contribution in [0.15, 0.2) is 24.4 Å². The van der Waals surface area contributed by atoms with Gasteiger partial charge in [0.05, 0.1) is 0 Å². The highest BCUT2D eigenvalue weighted by Gasteiger charge is 2.47. The maximum atomic E-state index is 11.2. The van der Waals surface area contributed by atoms with E-state index in [1.807, 2.05) is 24.4 Å². The van der Waals surface area contributed by atoms with Gasteiger partial charge in [0.25, 0.3) is 0 Å². The van der Waals surface area contributed by atoms with Gasteiger partial charge in [-0.2, -0.15) is 0 Å². The van der Waals surface area contributed by atoms with Crippen molar-refractivity contribution < 1.29 is 10.2 Å². The van der Waals surface area contributed by atoms with Crippen LogP contribution in [0.4, 0.5) is 0 Å². The Balaban J connectivity index is 1.92. The summed E-state index contributed by atoms with van der Waals surface area (Å²) in [6, 6.07) is 6.10. The lowest BCUT2D eigenvalue weighted by Crippen LogP contribution is -2.58. The van der Waals surface area contributed by atoms with Crippen molar-refractivity contribution in [3.63, 3.8) is 0 Å². The van der Waals surface area contributed by atoms with Crippen LogP contribution in [-0.2, 0) is 12.0 Å². The predicted molar refractivity (Wildman–Crippen MR) is 72.9 cm³/mol. The molecule has 0 bridgehead atoms. The highest BCUT2D eigenvalue weighted by Crippen LogP contribution is 2.44. The minimum Gasteiger partial charge on any atom is -0.396 e. The lowest BCUT2D eigenvalue weighted by atomic mass is 9.70. The maximum absolute atomic E-state index is 11.2. The Hall–Kier alpha value is -1.36. The molecule has 0 unspecified atom stereocenters. The number of piperidine rings is 1. The molecular formula is C15H18N2O2. The molecule has 0 radical (unpaired) electrons. The van der Waals surface area contributed by atoms with Gasteiger partial charge >= 0.3 is 0 Å². The molecule has 0 amide bonds. The Morgan fingerprint density at radius 1 is 1.37 bits per heavy atom. The van der Waals surface area contributed by atoms with Crippen LogP contribution in [0.25, 0.3) is 10.9 Å². The van der Waals surface area contributed by atoms with Crippen LogP contribution in [0.5, 0.6) is 0 Å². The van der Waals surface area contributed by atoms with Crippen molar-refractivity contribution in [3.8, 4) is 0 Å². The van der Waals surface area contributed by atoms with Gasteiger partial charge in [0, 0.05) is 36.3 Å². The average Bonchev–Trinajstić information content (AvgIpc) is 2.84. The fraction of sp³-hybridized carbons (Fsp3) is 0.467. The lowest BCUT2D eigenvalue weighted by Gasteiger charge is -2.46. The van der Waals surface area contributed by atoms with E-state index in [4.69, 9.17) is 0 Å². The van der Waals surface area contributed by atoms with E-state index in [-0.39, 0.29) is 18.6 Å². The van der Waals surface area contributed by atoms with Crippen LogP contribution in [0.2, 0.25) is 0 Å². The summed E-state index contributed by atoms with van der Waals surface area (Å²) in [5, 5.41) is 25.2. The van der Waals surface area contributed by atoms with E-state index in [0.29, 0.717) is 6.42 Å². The molecule has 1 aromatic heterocycles. The van der Waals surface area contributed by atoms with Crippen LogP contribution in [0.1, 0.15) is 17.5 Å². The number of hydrogen-bond donors (Lipinski definition) is 4. The summed E-state index contributed by atoms with van der Waals surface area (Å²) >= 11 is 0. The summed E-state index contributed by atoms with van der Waals surface area (Å²) in [6.45, 7) is 0.900. The van der Waals surface area contributed by atoms with E-state index < -0.39 is 5.60 Å². The summed E-state index contributed by atoms with van der Waals surface area (Å²) in [5.41, 5.74) is 2.50. The number of aromatic nitrogens is 1. The second kappa shape index (κ2) is 3.82. The van der Waals surface area contributed by atoms with Gasteiger partial charge in [-0.15, -0.1) is 0 Å². The van der Waals surface area contributed by atoms with Gasteiger partial charge in [-0.25, -0.2) is 0 Å². The van der Waals surface area contributed by atoms with Gasteiger partial charge in [-0.3, -0.25) is 0 Å². The maximum Gasteiger partial charge on any atom is 0.106 e. The zero-order chi connectivity index (χ0) is 13.0. The van der Waals surface area contributed by atoms with E-state index in [2.05, 4.69) is 10.3 Å². The molecule has 1 aliphatic heterocycles. The Morgan fingerprint density at radius 3 is 3.11 bits per heavy atom. The molecule has 3 atom stereocenters. The summed E-state index contributed by atoms with van der Waals surface area (Å²) in [5.74, 6) is 0.122. The SMILES string of the molecule is OC[C@H]1CN[C@@H]2Cc3c[nH]c4cccc(c34)[C@@]2(O)C1. The third kappa shape index (κ3) is 1.45. The van der Waals surface area contributed by atoms with Crippen molar-refractivity contribution in [2.24, 2.45) is 5.92 Å². The van der Waals surface area contributed by atoms with Crippen molar-refractivity contribution in [2.75, 3.05) is 13.2 Å². The Labute approximate surface area is 111 Å². The van der Waals surface area contributed by atoms with Crippen LogP contribution in [-0.4, -0.2) is 34.4 Å². The smallest absolute Gasteiger partial charge is 0.106 e. The molecule has 4 nitrogen and oxygen atoms in total. The number of H-pyrrole nitrogens is 1. The molecule has 4 heteroatoms. The van der Waals surface area contributed by atoms with Gasteiger partial charge in [-0.1, -0.05) is 12.1 Å². The number of aromatic amines is 1. The monoisotopic (exact) mass is 258 g/mol. The van der Waals surface area contributed by atoms with E-state index in [9.17, 15) is 10.2 Å². The molecule has 4 N–H and O–H groups in total. The van der Waals surface area contributed by atoms with Crippen LogP contribution >= 0.6 is 0 Å². The highest BCUT2D eigenvalue weighted by atomic mass is 16.3. The minimum atomic E-state index is -0.861. The first-order chi connectivity index (χ1) is 9.22. The van der Waals surface area contributed by atoms with Gasteiger partial charge in [-0.05, 0) is 36.0 Å². The van der Waals surface area contributed by atoms with Crippen LogP contribution in [0.3, 0.4) is 0 Å². The van der Waals surface area contributed by atoms with Gasteiger partial charge in [0.2, 0.25) is 0 Å². The van der Waals surface area contributed by atoms with Crippen molar-refractivity contribution in [1.29, 1.82) is 0 Å². The average molecular weight is 258 g/mol. The number of fused-ring (bicyclic) bond motifs is 2. The molecule has 2 aliphatic rings. The van der Waals surface area contributed by atoms with E-state index in [1.54, 1.807) is 0 Å². The van der Waals surface area contributed by atoms with Gasteiger partial charge in [0.15, 0.2) is 0 Å². The molecule has 2 heterocycles. The van der Waals surface area contributed by atoms with Gasteiger partial charge in [0.1, 0.15) is 5.60 Å². The molecule has 4 rings (SSSR count). The molecule has 1 fully saturated rings. The molecule has 0 saturated carbocycles. The molecule has 1 aromatic carbocycles. The number of aliphatic hydroxyl groups excluding tert-OH is 1. The standard InChI is InChI=1S/C15H18N2O2/c18-8-9-5-15(19)11-2-1-3-12-14(11)10(7-16-12)4-13(15)17-6-9/h1-3,7,9,13,16-19H,4-6,8H2/t9-,13-,15+/m1/s1. The summed E-state index contributed by atoms with van der Waals surface area (Å²) < 4.78 is 0. The van der Waals surface area contributed by atoms with Crippen molar-refractivity contribution >= 4 is 10.9 Å². The Morgan fingerprint density at radius 2 is 2.26 bits per heavy atom. The highest BCUT2D eigenvalue weighted by molar-refractivity contribution is 5.88. The zero-order valence-electron chi connectivity index (χ0n) is 10.7. The normalized spacial score (nSPS) is 33.4. The molecule has 0 spiro atoms. The molecular weight excluding hydrogens is 240 g/mol. The summed E-state index contributed by atoms with van der Waals surface area (Å²) in [7, 11) is 0. The Kier molecular flexibility index (Phi) is 2.31. The zero-order valence-corrected chi connectivity index (χ0v) is 10.7. The van der Waals surface area contributed by atoms with Crippen LogP contribution < -0.4 is 5.32 Å². The fourth-order valence-electron chi connectivity index (χ4n) is 3.80. The van der Waals surface area contributed by atoms with E-state index >= 15 is 0 Å². The topological polar surface area (TPSA) is 68.3 Å². The quantitative estimate of drug-likeness (QED) is 0.614. The van der Waals surface area contributed by atoms with E-state index in [0.717, 1.165) is 24.0 Å². The second-order valence-corrected chi connectivity index (χ2v) is 5.88. The number of benzene rings is 1. The van der Waals surface area contributed by atoms with Gasteiger partial charge < -0.3 is 20.5 Å². The number of nitrogens with one attached hydrogen (secondary N) is 2. The third-order valence-corrected chi connectivity index (χ3v) is 4.77. The lowest BCUT2D eigenvalue weighted by molar-refractivity contribution is -0.0559. The number of aliphatic hydroxyl groups is 2. The van der Waals surface area contributed by atoms with Crippen molar-refractivity contribution in [2.45, 2.75) is 24.5 Å². The van der Waals surface area contributed by atoms with Crippen molar-refractivity contribution in [1.82, 2.24) is 10.3 Å². The largest absolute Gasteiger partial charge is 0.396 e. The molecule has 1 aliphatic carbocycles. The molecule has 100 valence electrons. The van der Waals surface area contributed by atoms with Crippen molar-refractivity contribution in [3.05, 3.63) is 35.5 Å². The van der Waals surface area contributed by atoms with Crippen LogP contribution in [0, 0.1) is 5.92 Å². The molecule has 2 aromatic rings. The first-order valence-corrected chi connectivity index (χ1v) is 6.88. The summed E-state index contributed by atoms with van der Waals surface area (Å²) in [6.07, 6.45) is 3.52. The first kappa shape index (κ1) is 11.5. The predicted octanol–water partition coefficient (Wildman–Crippen LogP) is 0.882. The third-order valence-electron chi connectivity index (χ3n) is 4.77. The molecule has 19 heavy (non-hydrogen) atoms. The van der Waals surface area contributed by atoms with E-state index in [1.165, 1.54) is 10.9 Å².